The summed E-state index contributed by atoms with van der Waals surface area (Å²) in [7, 11) is 0. The Morgan fingerprint density at radius 1 is 1.35 bits per heavy atom. The van der Waals surface area contributed by atoms with Crippen molar-refractivity contribution < 1.29 is 19.1 Å². The first-order chi connectivity index (χ1) is 10.8. The van der Waals surface area contributed by atoms with Gasteiger partial charge in [-0.25, -0.2) is 9.18 Å². The lowest BCUT2D eigenvalue weighted by molar-refractivity contribution is -0.139. The summed E-state index contributed by atoms with van der Waals surface area (Å²) >= 11 is 5.99. The second-order valence-electron chi connectivity index (χ2n) is 5.12. The predicted octanol–water partition coefficient (Wildman–Crippen LogP) is 2.90. The third-order valence-electron chi connectivity index (χ3n) is 3.50. The van der Waals surface area contributed by atoms with Gasteiger partial charge in [0.05, 0.1) is 5.56 Å². The Balaban J connectivity index is 2.38. The van der Waals surface area contributed by atoms with Gasteiger partial charge in [0.25, 0.3) is 5.91 Å². The van der Waals surface area contributed by atoms with Crippen molar-refractivity contribution in [1.29, 1.82) is 0 Å². The summed E-state index contributed by atoms with van der Waals surface area (Å²) in [6.07, 6.45) is 0. The number of halogens is 2. The van der Waals surface area contributed by atoms with Gasteiger partial charge in [0, 0.05) is 22.1 Å². The summed E-state index contributed by atoms with van der Waals surface area (Å²) in [4.78, 5) is 23.1. The topological polar surface area (TPSA) is 71.3 Å². The first-order valence-electron chi connectivity index (χ1n) is 6.89. The van der Waals surface area contributed by atoms with Crippen LogP contribution in [0.1, 0.15) is 21.7 Å². The van der Waals surface area contributed by atoms with Crippen molar-refractivity contribution in [1.82, 2.24) is 9.88 Å². The second-order valence-corrected chi connectivity index (χ2v) is 5.56. The molecule has 0 fully saturated rings. The van der Waals surface area contributed by atoms with Crippen LogP contribution in [0.25, 0.3) is 5.69 Å². The number of hydrogen-bond donors (Lipinski definition) is 2. The molecule has 1 amide bonds. The maximum absolute atomic E-state index is 12.7. The van der Waals surface area contributed by atoms with Crippen molar-refractivity contribution in [2.75, 3.05) is 6.67 Å². The number of hydrogen-bond acceptors (Lipinski definition) is 2. The molecule has 5 nitrogen and oxygen atoms in total. The molecule has 122 valence electrons. The molecule has 1 aromatic heterocycles. The summed E-state index contributed by atoms with van der Waals surface area (Å²) in [6.45, 7) is 2.37. The van der Waals surface area contributed by atoms with Gasteiger partial charge in [0.2, 0.25) is 0 Å². The van der Waals surface area contributed by atoms with Crippen LogP contribution < -0.4 is 5.32 Å². The Bertz CT molecular complexity index is 758. The number of carbonyl (C=O) groups is 2. The Morgan fingerprint density at radius 3 is 2.61 bits per heavy atom. The van der Waals surface area contributed by atoms with E-state index in [9.17, 15) is 14.0 Å². The summed E-state index contributed by atoms with van der Waals surface area (Å²) in [6, 6.07) is 7.20. The number of alkyl halides is 1. The van der Waals surface area contributed by atoms with Crippen LogP contribution in [0.5, 0.6) is 0 Å². The van der Waals surface area contributed by atoms with Gasteiger partial charge < -0.3 is 15.0 Å². The van der Waals surface area contributed by atoms with Crippen LogP contribution in [0.15, 0.2) is 30.3 Å². The first kappa shape index (κ1) is 17.0. The normalized spacial score (nSPS) is 12.0. The lowest BCUT2D eigenvalue weighted by atomic mass is 10.2. The molecule has 0 aliphatic rings. The van der Waals surface area contributed by atoms with E-state index in [-0.39, 0.29) is 0 Å². The van der Waals surface area contributed by atoms with E-state index < -0.39 is 24.6 Å². The van der Waals surface area contributed by atoms with Crippen molar-refractivity contribution in [3.05, 3.63) is 52.3 Å². The van der Waals surface area contributed by atoms with Crippen LogP contribution >= 0.6 is 11.6 Å². The Morgan fingerprint density at radius 2 is 2.04 bits per heavy atom. The molecule has 7 heteroatoms. The van der Waals surface area contributed by atoms with Crippen molar-refractivity contribution in [3.63, 3.8) is 0 Å². The monoisotopic (exact) mass is 338 g/mol. The molecule has 2 rings (SSSR count). The third kappa shape index (κ3) is 3.53. The largest absolute Gasteiger partial charge is 0.480 e. The molecule has 0 bridgehead atoms. The predicted molar refractivity (Wildman–Crippen MR) is 85.1 cm³/mol. The van der Waals surface area contributed by atoms with Gasteiger partial charge in [-0.05, 0) is 38.1 Å². The highest BCUT2D eigenvalue weighted by molar-refractivity contribution is 6.30. The maximum atomic E-state index is 12.7. The van der Waals surface area contributed by atoms with E-state index in [1.165, 1.54) is 0 Å². The smallest absolute Gasteiger partial charge is 0.328 e. The minimum absolute atomic E-state index is 0.294. The van der Waals surface area contributed by atoms with Gasteiger partial charge in [-0.1, -0.05) is 17.7 Å². The third-order valence-corrected chi connectivity index (χ3v) is 3.73. The number of nitrogens with zero attached hydrogens (tertiary/aromatic N) is 1. The van der Waals surface area contributed by atoms with E-state index in [1.807, 2.05) is 17.6 Å². The SMILES string of the molecule is Cc1cc(C(=O)NC(CF)C(=O)O)c(C)n1-c1cccc(Cl)c1. The Hall–Kier alpha value is -2.34. The number of nitrogens with one attached hydrogen (secondary N) is 1. The Kier molecular flexibility index (Phi) is 5.05. The zero-order chi connectivity index (χ0) is 17.1. The van der Waals surface area contributed by atoms with Gasteiger partial charge in [-0.15, -0.1) is 0 Å². The van der Waals surface area contributed by atoms with E-state index in [0.717, 1.165) is 11.4 Å². The molecule has 1 atom stereocenters. The van der Waals surface area contributed by atoms with Crippen LogP contribution in [-0.2, 0) is 4.79 Å². The molecular formula is C16H16ClFN2O3. The fraction of sp³-hybridized carbons (Fsp3) is 0.250. The molecule has 1 aromatic carbocycles. The molecule has 0 aliphatic carbocycles. The minimum Gasteiger partial charge on any atom is -0.480 e. The van der Waals surface area contributed by atoms with Gasteiger partial charge in [0.15, 0.2) is 6.04 Å². The van der Waals surface area contributed by atoms with Crippen molar-refractivity contribution in [2.24, 2.45) is 0 Å². The van der Waals surface area contributed by atoms with Gasteiger partial charge in [-0.2, -0.15) is 0 Å². The lowest BCUT2D eigenvalue weighted by Crippen LogP contribution is -2.42. The number of benzene rings is 1. The molecule has 0 aliphatic heterocycles. The van der Waals surface area contributed by atoms with Gasteiger partial charge in [0.1, 0.15) is 6.67 Å². The number of aliphatic carboxylic acids is 1. The molecular weight excluding hydrogens is 323 g/mol. The number of amides is 1. The highest BCUT2D eigenvalue weighted by atomic mass is 35.5. The highest BCUT2D eigenvalue weighted by Crippen LogP contribution is 2.23. The molecule has 0 saturated heterocycles. The molecule has 0 spiro atoms. The number of carboxylic acids is 1. The fourth-order valence-corrected chi connectivity index (χ4v) is 2.59. The van der Waals surface area contributed by atoms with Crippen molar-refractivity contribution >= 4 is 23.5 Å². The summed E-state index contributed by atoms with van der Waals surface area (Å²) in [5.41, 5.74) is 2.47. The molecule has 2 N–H and O–H groups in total. The Labute approximate surface area is 137 Å². The number of aryl methyl sites for hydroxylation is 1. The highest BCUT2D eigenvalue weighted by Gasteiger charge is 2.23. The standard InChI is InChI=1S/C16H16ClFN2O3/c1-9-6-13(15(21)19-14(8-18)16(22)23)10(2)20(9)12-5-3-4-11(17)7-12/h3-7,14H,8H2,1-2H3,(H,19,21)(H,22,23). The van der Waals surface area contributed by atoms with Crippen LogP contribution in [0.4, 0.5) is 4.39 Å². The van der Waals surface area contributed by atoms with E-state index >= 15 is 0 Å². The molecule has 0 radical (unpaired) electrons. The van der Waals surface area contributed by atoms with Crippen molar-refractivity contribution in [2.45, 2.75) is 19.9 Å². The maximum Gasteiger partial charge on any atom is 0.328 e. The zero-order valence-corrected chi connectivity index (χ0v) is 13.4. The number of carboxylic acid groups (broad SMARTS) is 1. The summed E-state index contributed by atoms with van der Waals surface area (Å²) < 4.78 is 14.5. The van der Waals surface area contributed by atoms with E-state index in [2.05, 4.69) is 5.32 Å². The van der Waals surface area contributed by atoms with Gasteiger partial charge in [-0.3, -0.25) is 4.79 Å². The average molecular weight is 339 g/mol. The number of carbonyl (C=O) groups excluding carboxylic acids is 1. The van der Waals surface area contributed by atoms with Crippen LogP contribution in [-0.4, -0.2) is 34.3 Å². The first-order valence-corrected chi connectivity index (χ1v) is 7.27. The molecule has 1 heterocycles. The lowest BCUT2D eigenvalue weighted by Gasteiger charge is -2.12. The van der Waals surface area contributed by atoms with Crippen LogP contribution in [0, 0.1) is 13.8 Å². The summed E-state index contributed by atoms with van der Waals surface area (Å²) in [5, 5.41) is 11.6. The van der Waals surface area contributed by atoms with E-state index in [4.69, 9.17) is 16.7 Å². The van der Waals surface area contributed by atoms with E-state index in [1.54, 1.807) is 31.2 Å². The van der Waals surface area contributed by atoms with Gasteiger partial charge >= 0.3 is 5.97 Å². The van der Waals surface area contributed by atoms with Crippen LogP contribution in [0.3, 0.4) is 0 Å². The molecule has 0 saturated carbocycles. The van der Waals surface area contributed by atoms with Crippen molar-refractivity contribution in [3.8, 4) is 5.69 Å². The minimum atomic E-state index is -1.56. The molecule has 1 unspecified atom stereocenters. The zero-order valence-electron chi connectivity index (χ0n) is 12.6. The quantitative estimate of drug-likeness (QED) is 0.880. The molecule has 2 aromatic rings. The second kappa shape index (κ2) is 6.83. The molecule has 23 heavy (non-hydrogen) atoms. The summed E-state index contributed by atoms with van der Waals surface area (Å²) in [5.74, 6) is -2.04. The number of rotatable bonds is 5. The van der Waals surface area contributed by atoms with E-state index in [0.29, 0.717) is 16.3 Å². The fourth-order valence-electron chi connectivity index (χ4n) is 2.41. The average Bonchev–Trinajstić information content (AvgIpc) is 2.79. The van der Waals surface area contributed by atoms with Crippen LogP contribution in [0.2, 0.25) is 5.02 Å². The number of aromatic nitrogens is 1.